The van der Waals surface area contributed by atoms with Crippen LogP contribution in [0, 0.1) is 5.41 Å². The topological polar surface area (TPSA) is 121 Å². The summed E-state index contributed by atoms with van der Waals surface area (Å²) in [5.41, 5.74) is 8.18. The van der Waals surface area contributed by atoms with Crippen LogP contribution in [0.5, 0.6) is 0 Å². The number of ether oxygens (including phenoxy) is 1. The van der Waals surface area contributed by atoms with Crippen LogP contribution in [0.3, 0.4) is 0 Å². The number of carbonyl (C=O) groups excluding carboxylic acids is 2. The Labute approximate surface area is 134 Å². The number of benzene rings is 1. The van der Waals surface area contributed by atoms with Crippen LogP contribution in [0.25, 0.3) is 0 Å². The highest BCUT2D eigenvalue weighted by molar-refractivity contribution is 5.83. The molecule has 0 aromatic heterocycles. The van der Waals surface area contributed by atoms with Crippen LogP contribution in [0.15, 0.2) is 35.4 Å². The van der Waals surface area contributed by atoms with Crippen LogP contribution in [-0.2, 0) is 20.9 Å². The van der Waals surface area contributed by atoms with Crippen LogP contribution in [0.1, 0.15) is 18.4 Å². The minimum Gasteiger partial charge on any atom is -0.459 e. The number of nitrogens with one attached hydrogen (secondary N) is 2. The fourth-order valence-electron chi connectivity index (χ4n) is 1.62. The molecule has 0 aliphatic carbocycles. The van der Waals surface area contributed by atoms with Gasteiger partial charge in [-0.15, -0.1) is 0 Å². The number of hydrogen-bond acceptors (Lipinski definition) is 5. The lowest BCUT2D eigenvalue weighted by atomic mass is 10.2. The number of carbonyl (C=O) groups is 2. The molecule has 1 amide bonds. The number of guanidine groups is 1. The molecular formula is C15H21N5O3. The van der Waals surface area contributed by atoms with Gasteiger partial charge < -0.3 is 15.4 Å². The maximum atomic E-state index is 11.8. The van der Waals surface area contributed by atoms with Gasteiger partial charge in [-0.3, -0.25) is 15.0 Å². The molecule has 0 saturated carbocycles. The molecule has 1 aromatic rings. The fraction of sp³-hybridized carbons (Fsp3) is 0.333. The van der Waals surface area contributed by atoms with Gasteiger partial charge in [0.1, 0.15) is 13.2 Å². The van der Waals surface area contributed by atoms with Crippen LogP contribution >= 0.6 is 0 Å². The molecule has 0 fully saturated rings. The van der Waals surface area contributed by atoms with Crippen LogP contribution in [0.2, 0.25) is 0 Å². The number of nitrogens with zero attached hydrogens (tertiary/aromatic N) is 2. The molecule has 0 aliphatic rings. The SMILES string of the molecule is CN(CC(=O)OCc1ccccc1)C(=O)CC/C=N\NC(=N)N. The molecule has 0 spiro atoms. The zero-order chi connectivity index (χ0) is 17.1. The van der Waals surface area contributed by atoms with E-state index in [4.69, 9.17) is 15.9 Å². The van der Waals surface area contributed by atoms with Crippen molar-refractivity contribution in [2.45, 2.75) is 19.4 Å². The second kappa shape index (κ2) is 9.93. The molecule has 1 aromatic carbocycles. The summed E-state index contributed by atoms with van der Waals surface area (Å²) in [5, 5.41) is 10.5. The van der Waals surface area contributed by atoms with E-state index in [1.807, 2.05) is 30.3 Å². The lowest BCUT2D eigenvalue weighted by molar-refractivity contribution is -0.149. The second-order valence-electron chi connectivity index (χ2n) is 4.77. The van der Waals surface area contributed by atoms with Crippen molar-refractivity contribution >= 4 is 24.1 Å². The first-order valence-corrected chi connectivity index (χ1v) is 7.04. The quantitative estimate of drug-likeness (QED) is 0.278. The number of hydrogen-bond donors (Lipinski definition) is 3. The van der Waals surface area contributed by atoms with Crippen molar-refractivity contribution in [1.82, 2.24) is 10.3 Å². The Morgan fingerprint density at radius 2 is 2.09 bits per heavy atom. The van der Waals surface area contributed by atoms with Gasteiger partial charge in [0.15, 0.2) is 0 Å². The Morgan fingerprint density at radius 3 is 2.74 bits per heavy atom. The van der Waals surface area contributed by atoms with Gasteiger partial charge in [0.05, 0.1) is 0 Å². The standard InChI is InChI=1S/C15H21N5O3/c1-20(13(21)8-5-9-18-19-15(16)17)10-14(22)23-11-12-6-3-2-4-7-12/h2-4,6-7,9H,5,8,10-11H2,1H3,(H4,16,17,19)/b18-9-. The molecule has 8 heteroatoms. The molecular weight excluding hydrogens is 298 g/mol. The normalized spacial score (nSPS) is 10.3. The predicted molar refractivity (Wildman–Crippen MR) is 86.7 cm³/mol. The highest BCUT2D eigenvalue weighted by atomic mass is 16.5. The van der Waals surface area contributed by atoms with Crippen molar-refractivity contribution in [1.29, 1.82) is 5.41 Å². The van der Waals surface area contributed by atoms with Crippen molar-refractivity contribution in [3.8, 4) is 0 Å². The van der Waals surface area contributed by atoms with Crippen molar-refractivity contribution in [3.05, 3.63) is 35.9 Å². The molecule has 0 heterocycles. The first-order valence-electron chi connectivity index (χ1n) is 7.04. The number of likely N-dealkylation sites (N-methyl/N-ethyl adjacent to an activating group) is 1. The second-order valence-corrected chi connectivity index (χ2v) is 4.77. The summed E-state index contributed by atoms with van der Waals surface area (Å²) in [6, 6.07) is 9.32. The Morgan fingerprint density at radius 1 is 1.39 bits per heavy atom. The van der Waals surface area contributed by atoms with Gasteiger partial charge >= 0.3 is 5.97 Å². The lowest BCUT2D eigenvalue weighted by Crippen LogP contribution is -2.33. The number of rotatable bonds is 8. The molecule has 0 saturated heterocycles. The predicted octanol–water partition coefficient (Wildman–Crippen LogP) is 0.437. The first-order chi connectivity index (χ1) is 11.0. The zero-order valence-corrected chi connectivity index (χ0v) is 13.0. The Balaban J connectivity index is 2.24. The third kappa shape index (κ3) is 8.20. The molecule has 4 N–H and O–H groups in total. The molecule has 124 valence electrons. The van der Waals surface area contributed by atoms with Crippen molar-refractivity contribution < 1.29 is 14.3 Å². The summed E-state index contributed by atoms with van der Waals surface area (Å²) in [5.74, 6) is -0.932. The minimum absolute atomic E-state index is 0.103. The largest absolute Gasteiger partial charge is 0.459 e. The average Bonchev–Trinajstić information content (AvgIpc) is 2.53. The summed E-state index contributed by atoms with van der Waals surface area (Å²) in [4.78, 5) is 24.8. The van der Waals surface area contributed by atoms with E-state index in [1.54, 1.807) is 0 Å². The van der Waals surface area contributed by atoms with Gasteiger partial charge in [0, 0.05) is 19.7 Å². The highest BCUT2D eigenvalue weighted by Crippen LogP contribution is 2.01. The van der Waals surface area contributed by atoms with E-state index in [1.165, 1.54) is 18.2 Å². The number of esters is 1. The molecule has 1 rings (SSSR count). The minimum atomic E-state index is -0.461. The molecule has 0 aliphatic heterocycles. The third-order valence-corrected chi connectivity index (χ3v) is 2.80. The smallest absolute Gasteiger partial charge is 0.325 e. The molecule has 8 nitrogen and oxygen atoms in total. The van der Waals surface area contributed by atoms with E-state index in [2.05, 4.69) is 10.5 Å². The van der Waals surface area contributed by atoms with E-state index in [0.29, 0.717) is 6.42 Å². The first kappa shape index (κ1) is 18.1. The maximum Gasteiger partial charge on any atom is 0.325 e. The van der Waals surface area contributed by atoms with Crippen LogP contribution in [-0.4, -0.2) is 42.5 Å². The van der Waals surface area contributed by atoms with Gasteiger partial charge in [0.2, 0.25) is 11.9 Å². The number of nitrogens with two attached hydrogens (primary N) is 1. The summed E-state index contributed by atoms with van der Waals surface area (Å²) in [6.07, 6.45) is 2.02. The highest BCUT2D eigenvalue weighted by Gasteiger charge is 2.13. The maximum absolute atomic E-state index is 11.8. The number of amides is 1. The molecule has 0 atom stereocenters. The summed E-state index contributed by atoms with van der Waals surface area (Å²) in [6.45, 7) is 0.0829. The molecule has 0 unspecified atom stereocenters. The summed E-state index contributed by atoms with van der Waals surface area (Å²) in [7, 11) is 1.54. The molecule has 23 heavy (non-hydrogen) atoms. The van der Waals surface area contributed by atoms with E-state index < -0.39 is 5.97 Å². The summed E-state index contributed by atoms with van der Waals surface area (Å²) >= 11 is 0. The third-order valence-electron chi connectivity index (χ3n) is 2.80. The Kier molecular flexibility index (Phi) is 7.84. The Bertz CT molecular complexity index is 559. The fourth-order valence-corrected chi connectivity index (χ4v) is 1.62. The van der Waals surface area contributed by atoms with Gasteiger partial charge in [-0.1, -0.05) is 30.3 Å². The Hall–Kier alpha value is -2.90. The van der Waals surface area contributed by atoms with E-state index >= 15 is 0 Å². The monoisotopic (exact) mass is 319 g/mol. The average molecular weight is 319 g/mol. The van der Waals surface area contributed by atoms with E-state index in [-0.39, 0.29) is 31.4 Å². The van der Waals surface area contributed by atoms with E-state index in [9.17, 15) is 9.59 Å². The number of hydrazone groups is 1. The van der Waals surface area contributed by atoms with Crippen molar-refractivity contribution in [3.63, 3.8) is 0 Å². The van der Waals surface area contributed by atoms with Gasteiger partial charge in [-0.05, 0) is 12.0 Å². The van der Waals surface area contributed by atoms with Crippen LogP contribution in [0.4, 0.5) is 0 Å². The zero-order valence-electron chi connectivity index (χ0n) is 13.0. The lowest BCUT2D eigenvalue weighted by Gasteiger charge is -2.15. The van der Waals surface area contributed by atoms with Gasteiger partial charge in [-0.2, -0.15) is 5.10 Å². The molecule has 0 radical (unpaired) electrons. The van der Waals surface area contributed by atoms with Gasteiger partial charge in [-0.25, -0.2) is 5.43 Å². The van der Waals surface area contributed by atoms with Crippen LogP contribution < -0.4 is 11.2 Å². The summed E-state index contributed by atoms with van der Waals surface area (Å²) < 4.78 is 5.11. The van der Waals surface area contributed by atoms with E-state index in [0.717, 1.165) is 5.56 Å². The molecule has 0 bridgehead atoms. The van der Waals surface area contributed by atoms with Crippen molar-refractivity contribution in [2.75, 3.05) is 13.6 Å². The van der Waals surface area contributed by atoms with Crippen molar-refractivity contribution in [2.24, 2.45) is 10.8 Å². The van der Waals surface area contributed by atoms with Gasteiger partial charge in [0.25, 0.3) is 0 Å².